The van der Waals surface area contributed by atoms with Crippen LogP contribution in [0.2, 0.25) is 0 Å². The number of carbonyl (C=O) groups is 2. The molecule has 204 valence electrons. The van der Waals surface area contributed by atoms with Crippen LogP contribution in [0.3, 0.4) is 0 Å². The molecule has 9 nitrogen and oxygen atoms in total. The number of amides is 2. The Hall–Kier alpha value is -3.74. The highest BCUT2D eigenvalue weighted by atomic mass is 79.9. The molecule has 1 aromatic carbocycles. The minimum Gasteiger partial charge on any atom is -0.383 e. The summed E-state index contributed by atoms with van der Waals surface area (Å²) in [5.74, 6) is -0.303. The molecule has 3 atom stereocenters. The van der Waals surface area contributed by atoms with Crippen LogP contribution in [0.5, 0.6) is 0 Å². The maximum Gasteiger partial charge on any atom is 0.416 e. The van der Waals surface area contributed by atoms with Crippen LogP contribution in [0.4, 0.5) is 24.8 Å². The molecule has 0 aliphatic carbocycles. The Morgan fingerprint density at radius 1 is 1.18 bits per heavy atom. The molecule has 1 saturated heterocycles. The first-order valence-corrected chi connectivity index (χ1v) is 13.0. The van der Waals surface area contributed by atoms with E-state index in [-0.39, 0.29) is 52.6 Å². The molecule has 1 fully saturated rings. The van der Waals surface area contributed by atoms with Gasteiger partial charge >= 0.3 is 6.18 Å². The van der Waals surface area contributed by atoms with Gasteiger partial charge in [-0.2, -0.15) is 13.2 Å². The van der Waals surface area contributed by atoms with Gasteiger partial charge < -0.3 is 20.5 Å². The second-order valence-electron chi connectivity index (χ2n) is 9.83. The number of anilines is 2. The molecule has 1 aliphatic heterocycles. The maximum atomic E-state index is 13.8. The highest BCUT2D eigenvalue weighted by Crippen LogP contribution is 2.37. The third-order valence-corrected chi connectivity index (χ3v) is 7.82. The predicted octanol–water partition coefficient (Wildman–Crippen LogP) is 4.92. The zero-order valence-electron chi connectivity index (χ0n) is 21.3. The first-order chi connectivity index (χ1) is 18.4. The van der Waals surface area contributed by atoms with Crippen molar-refractivity contribution in [3.8, 4) is 0 Å². The summed E-state index contributed by atoms with van der Waals surface area (Å²) in [5, 5.41) is 3.27. The number of aryl methyl sites for hydroxylation is 1. The van der Waals surface area contributed by atoms with Crippen LogP contribution in [0.25, 0.3) is 21.9 Å². The first kappa shape index (κ1) is 26.9. The van der Waals surface area contributed by atoms with E-state index in [0.717, 1.165) is 17.7 Å². The first-order valence-electron chi connectivity index (χ1n) is 12.2. The predicted molar refractivity (Wildman–Crippen MR) is 144 cm³/mol. The molecule has 0 saturated carbocycles. The average molecular weight is 604 g/mol. The number of likely N-dealkylation sites (tertiary alicyclic amines) is 1. The molecule has 0 unspecified atom stereocenters. The molecule has 4 heterocycles. The largest absolute Gasteiger partial charge is 0.416 e. The Kier molecular flexibility index (Phi) is 6.73. The minimum absolute atomic E-state index is 0.00725. The number of nitrogens with two attached hydrogens (primary N) is 1. The van der Waals surface area contributed by atoms with Gasteiger partial charge in [0.15, 0.2) is 0 Å². The van der Waals surface area contributed by atoms with Gasteiger partial charge in [-0.3, -0.25) is 9.59 Å². The fourth-order valence-electron chi connectivity index (χ4n) is 5.18. The Balaban J connectivity index is 1.51. The van der Waals surface area contributed by atoms with Gasteiger partial charge in [-0.1, -0.05) is 13.0 Å². The van der Waals surface area contributed by atoms with Gasteiger partial charge in [-0.05, 0) is 71.9 Å². The van der Waals surface area contributed by atoms with E-state index in [1.165, 1.54) is 17.0 Å². The van der Waals surface area contributed by atoms with Crippen LogP contribution in [0.15, 0.2) is 41.3 Å². The summed E-state index contributed by atoms with van der Waals surface area (Å²) in [5.41, 5.74) is 6.55. The Morgan fingerprint density at radius 3 is 2.64 bits per heavy atom. The van der Waals surface area contributed by atoms with Crippen molar-refractivity contribution in [2.75, 3.05) is 11.1 Å². The van der Waals surface area contributed by atoms with Crippen LogP contribution >= 0.6 is 15.9 Å². The highest BCUT2D eigenvalue weighted by Gasteiger charge is 2.43. The summed E-state index contributed by atoms with van der Waals surface area (Å²) in [6, 6.07) is 5.81. The number of carbonyl (C=O) groups excluding carboxylic acids is 2. The zero-order chi connectivity index (χ0) is 28.2. The third-order valence-electron chi connectivity index (χ3n) is 7.38. The van der Waals surface area contributed by atoms with Crippen molar-refractivity contribution in [1.29, 1.82) is 0 Å². The number of pyridine rings is 1. The van der Waals surface area contributed by atoms with E-state index in [0.29, 0.717) is 22.4 Å². The monoisotopic (exact) mass is 603 g/mol. The Morgan fingerprint density at radius 2 is 1.92 bits per heavy atom. The molecule has 4 aromatic rings. The number of aromatic nitrogens is 4. The fraction of sp³-hybridized carbons (Fsp3) is 0.346. The molecule has 5 rings (SSSR count). The lowest BCUT2D eigenvalue weighted by Gasteiger charge is -2.29. The van der Waals surface area contributed by atoms with Gasteiger partial charge in [0, 0.05) is 11.4 Å². The lowest BCUT2D eigenvalue weighted by molar-refractivity contribution is -0.139. The fourth-order valence-corrected chi connectivity index (χ4v) is 5.49. The van der Waals surface area contributed by atoms with Gasteiger partial charge in [0.05, 0.1) is 16.5 Å². The van der Waals surface area contributed by atoms with Crippen LogP contribution in [-0.2, 0) is 22.3 Å². The number of alkyl halides is 3. The molecule has 0 spiro atoms. The number of hydrogen-bond donors (Lipinski definition) is 2. The van der Waals surface area contributed by atoms with E-state index < -0.39 is 17.8 Å². The summed E-state index contributed by atoms with van der Waals surface area (Å²) in [6.07, 6.45) is -2.92. The van der Waals surface area contributed by atoms with Crippen molar-refractivity contribution in [1.82, 2.24) is 24.4 Å². The van der Waals surface area contributed by atoms with Gasteiger partial charge in [-0.15, -0.1) is 0 Å². The van der Waals surface area contributed by atoms with Crippen molar-refractivity contribution in [3.05, 3.63) is 52.4 Å². The van der Waals surface area contributed by atoms with Crippen molar-refractivity contribution in [2.24, 2.45) is 5.92 Å². The Bertz CT molecular complexity index is 1620. The second-order valence-corrected chi connectivity index (χ2v) is 10.6. The number of halogens is 4. The molecule has 0 bridgehead atoms. The highest BCUT2D eigenvalue weighted by molar-refractivity contribution is 9.10. The van der Waals surface area contributed by atoms with E-state index >= 15 is 0 Å². The Labute approximate surface area is 229 Å². The van der Waals surface area contributed by atoms with E-state index in [2.05, 4.69) is 36.2 Å². The van der Waals surface area contributed by atoms with Crippen LogP contribution < -0.4 is 11.1 Å². The van der Waals surface area contributed by atoms with Crippen molar-refractivity contribution < 1.29 is 22.8 Å². The third kappa shape index (κ3) is 4.79. The van der Waals surface area contributed by atoms with Crippen molar-refractivity contribution in [3.63, 3.8) is 0 Å². The summed E-state index contributed by atoms with van der Waals surface area (Å²) >= 11 is 3.31. The van der Waals surface area contributed by atoms with Gasteiger partial charge in [0.2, 0.25) is 11.8 Å². The van der Waals surface area contributed by atoms with E-state index in [9.17, 15) is 22.8 Å². The smallest absolute Gasteiger partial charge is 0.383 e. The summed E-state index contributed by atoms with van der Waals surface area (Å²) in [7, 11) is 0. The molecule has 3 aromatic heterocycles. The molecule has 3 N–H and O–H groups in total. The summed E-state index contributed by atoms with van der Waals surface area (Å²) in [6.45, 7) is 5.41. The lowest BCUT2D eigenvalue weighted by Crippen LogP contribution is -2.47. The van der Waals surface area contributed by atoms with Crippen LogP contribution in [-0.4, -0.2) is 48.3 Å². The molecule has 2 amide bonds. The van der Waals surface area contributed by atoms with Gasteiger partial charge in [0.1, 0.15) is 40.8 Å². The SMILES string of the molecule is Cc1ccc(Br)nc1NC(=O)[C@@H]1C[C@H](C)[C@@H](C)N1C(=O)Cn1c2ccc(C(F)(F)F)cc2c2c(N)ncnc21. The molecule has 0 radical (unpaired) electrons. The lowest BCUT2D eigenvalue weighted by atomic mass is 10.0. The maximum absolute atomic E-state index is 13.8. The zero-order valence-corrected chi connectivity index (χ0v) is 22.8. The molecule has 1 aliphatic rings. The van der Waals surface area contributed by atoms with Crippen molar-refractivity contribution >= 4 is 61.3 Å². The molecular weight excluding hydrogens is 579 g/mol. The second kappa shape index (κ2) is 9.78. The summed E-state index contributed by atoms with van der Waals surface area (Å²) < 4.78 is 42.5. The minimum atomic E-state index is -4.56. The number of nitrogens with zero attached hydrogens (tertiary/aromatic N) is 5. The molecule has 13 heteroatoms. The van der Waals surface area contributed by atoms with Crippen LogP contribution in [0.1, 0.15) is 31.4 Å². The number of nitrogen functional groups attached to an aromatic ring is 1. The van der Waals surface area contributed by atoms with E-state index in [4.69, 9.17) is 5.73 Å². The topological polar surface area (TPSA) is 119 Å². The standard InChI is InChI=1S/C26H25BrF3N7O2/c1-12-4-7-19(27)34-23(12)35-25(39)18-8-13(2)14(3)37(18)20(38)10-36-17-6-5-15(26(28,29)30)9-16(17)21-22(31)32-11-33-24(21)36/h4-7,9,11,13-14,18H,8,10H2,1-3H3,(H2,31,32,33)(H,34,35,39)/t13-,14+,18-/m0/s1. The normalized spacial score (nSPS) is 19.7. The summed E-state index contributed by atoms with van der Waals surface area (Å²) in [4.78, 5) is 41.2. The van der Waals surface area contributed by atoms with Crippen molar-refractivity contribution in [2.45, 2.75) is 52.0 Å². The van der Waals surface area contributed by atoms with E-state index in [1.807, 2.05) is 26.8 Å². The van der Waals surface area contributed by atoms with E-state index in [1.54, 1.807) is 11.0 Å². The van der Waals surface area contributed by atoms with Gasteiger partial charge in [-0.25, -0.2) is 15.0 Å². The quantitative estimate of drug-likeness (QED) is 0.320. The number of fused-ring (bicyclic) bond motifs is 3. The average Bonchev–Trinajstić information content (AvgIpc) is 3.35. The number of nitrogens with one attached hydrogen (secondary N) is 1. The number of benzene rings is 1. The molecular formula is C26H25BrF3N7O2. The van der Waals surface area contributed by atoms with Gasteiger partial charge in [0.25, 0.3) is 0 Å². The number of hydrogen-bond acceptors (Lipinski definition) is 6. The van der Waals surface area contributed by atoms with Crippen LogP contribution in [0, 0.1) is 12.8 Å². The molecule has 39 heavy (non-hydrogen) atoms. The number of rotatable bonds is 4.